The summed E-state index contributed by atoms with van der Waals surface area (Å²) in [5.41, 5.74) is 7.95. The maximum atomic E-state index is 13.9. The van der Waals surface area contributed by atoms with E-state index >= 15 is 0 Å². The first-order chi connectivity index (χ1) is 17.9. The number of aromatic nitrogens is 2. The zero-order valence-electron chi connectivity index (χ0n) is 22.1. The molecule has 0 N–H and O–H groups in total. The fraction of sp³-hybridized carbons (Fsp3) is 0.290. The van der Waals surface area contributed by atoms with E-state index < -0.39 is 0 Å². The van der Waals surface area contributed by atoms with Crippen molar-refractivity contribution in [2.24, 2.45) is 0 Å². The second-order valence-electron chi connectivity index (χ2n) is 9.64. The van der Waals surface area contributed by atoms with Gasteiger partial charge in [-0.05, 0) is 80.8 Å². The maximum absolute atomic E-state index is 13.9. The van der Waals surface area contributed by atoms with E-state index in [2.05, 4.69) is 62.1 Å². The van der Waals surface area contributed by atoms with Gasteiger partial charge in [-0.1, -0.05) is 36.4 Å². The lowest BCUT2D eigenvalue weighted by molar-refractivity contribution is 0.0737. The maximum Gasteiger partial charge on any atom is 0.272 e. The van der Waals surface area contributed by atoms with Gasteiger partial charge in [0.2, 0.25) is 0 Å². The van der Waals surface area contributed by atoms with Crippen molar-refractivity contribution < 1.29 is 9.53 Å². The van der Waals surface area contributed by atoms with Gasteiger partial charge >= 0.3 is 0 Å². The highest BCUT2D eigenvalue weighted by Crippen LogP contribution is 2.30. The molecule has 0 bridgehead atoms. The van der Waals surface area contributed by atoms with Gasteiger partial charge in [-0.2, -0.15) is 5.10 Å². The minimum absolute atomic E-state index is 0.00170. The molecule has 5 rings (SSSR count). The smallest absolute Gasteiger partial charge is 0.272 e. The van der Waals surface area contributed by atoms with Gasteiger partial charge in [0.1, 0.15) is 11.4 Å². The van der Waals surface area contributed by atoms with Gasteiger partial charge in [0.15, 0.2) is 0 Å². The molecule has 0 atom stereocenters. The second kappa shape index (κ2) is 10.5. The topological polar surface area (TPSA) is 50.6 Å². The van der Waals surface area contributed by atoms with Crippen LogP contribution in [0.5, 0.6) is 5.75 Å². The normalized spacial score (nSPS) is 13.6. The quantitative estimate of drug-likeness (QED) is 0.339. The summed E-state index contributed by atoms with van der Waals surface area (Å²) in [5, 5.41) is 4.92. The average molecular weight is 495 g/mol. The molecule has 1 aliphatic rings. The van der Waals surface area contributed by atoms with Gasteiger partial charge in [-0.3, -0.25) is 4.79 Å². The Hall–Kier alpha value is -4.06. The third-order valence-electron chi connectivity index (χ3n) is 7.05. The van der Waals surface area contributed by atoms with Crippen molar-refractivity contribution >= 4 is 11.6 Å². The Kier molecular flexibility index (Phi) is 6.99. The van der Waals surface area contributed by atoms with Crippen molar-refractivity contribution in [3.8, 4) is 22.7 Å². The van der Waals surface area contributed by atoms with E-state index in [-0.39, 0.29) is 5.91 Å². The van der Waals surface area contributed by atoms with Crippen LogP contribution < -0.4 is 9.64 Å². The lowest BCUT2D eigenvalue weighted by Crippen LogP contribution is -2.49. The second-order valence-corrected chi connectivity index (χ2v) is 9.64. The summed E-state index contributed by atoms with van der Waals surface area (Å²) in [6, 6.07) is 24.5. The summed E-state index contributed by atoms with van der Waals surface area (Å²) in [6.07, 6.45) is 0. The Morgan fingerprint density at radius 1 is 0.865 bits per heavy atom. The van der Waals surface area contributed by atoms with Gasteiger partial charge in [-0.15, -0.1) is 0 Å². The first kappa shape index (κ1) is 24.6. The number of carbonyl (C=O) groups excluding carboxylic acids is 1. The van der Waals surface area contributed by atoms with E-state index in [1.165, 1.54) is 11.1 Å². The minimum Gasteiger partial charge on any atom is -0.492 e. The molecule has 3 aromatic carbocycles. The number of anilines is 1. The largest absolute Gasteiger partial charge is 0.492 e. The van der Waals surface area contributed by atoms with Crippen LogP contribution in [0.1, 0.15) is 34.1 Å². The van der Waals surface area contributed by atoms with Crippen LogP contribution in [-0.2, 0) is 0 Å². The highest BCUT2D eigenvalue weighted by Gasteiger charge is 2.27. The lowest BCUT2D eigenvalue weighted by atomic mass is 10.0. The molecule has 1 aromatic heterocycles. The third kappa shape index (κ3) is 5.10. The number of ether oxygens (including phenoxy) is 1. The highest BCUT2D eigenvalue weighted by atomic mass is 16.5. The molecule has 2 heterocycles. The van der Waals surface area contributed by atoms with Gasteiger partial charge in [-0.25, -0.2) is 4.68 Å². The molecule has 6 nitrogen and oxygen atoms in total. The van der Waals surface area contributed by atoms with Gasteiger partial charge < -0.3 is 14.5 Å². The van der Waals surface area contributed by atoms with Crippen LogP contribution in [0, 0.1) is 20.8 Å². The first-order valence-corrected chi connectivity index (χ1v) is 13.0. The molecule has 0 radical (unpaired) electrons. The molecule has 0 unspecified atom stereocenters. The summed E-state index contributed by atoms with van der Waals surface area (Å²) >= 11 is 0. The molecule has 0 aliphatic carbocycles. The lowest BCUT2D eigenvalue weighted by Gasteiger charge is -2.36. The molecular weight excluding hydrogens is 460 g/mol. The van der Waals surface area contributed by atoms with Crippen molar-refractivity contribution in [1.82, 2.24) is 14.7 Å². The molecule has 37 heavy (non-hydrogen) atoms. The van der Waals surface area contributed by atoms with Crippen molar-refractivity contribution in [1.29, 1.82) is 0 Å². The van der Waals surface area contributed by atoms with Gasteiger partial charge in [0.25, 0.3) is 5.91 Å². The number of nitrogens with zero attached hydrogens (tertiary/aromatic N) is 4. The number of aryl methyl sites for hydroxylation is 3. The van der Waals surface area contributed by atoms with Crippen LogP contribution in [0.2, 0.25) is 0 Å². The van der Waals surface area contributed by atoms with Crippen LogP contribution in [0.4, 0.5) is 5.69 Å². The minimum atomic E-state index is 0.00170. The fourth-order valence-electron chi connectivity index (χ4n) is 4.84. The molecule has 190 valence electrons. The molecule has 1 amide bonds. The Morgan fingerprint density at radius 2 is 1.65 bits per heavy atom. The Bertz CT molecular complexity index is 1420. The number of carbonyl (C=O) groups is 1. The van der Waals surface area contributed by atoms with E-state index in [9.17, 15) is 4.79 Å². The SMILES string of the molecule is CCOc1ccccc1N1CCN(C(=O)c2cc(-c3ccc(C)c(C)c3)nn2-c2cccc(C)c2)CC1. The Balaban J connectivity index is 1.43. The summed E-state index contributed by atoms with van der Waals surface area (Å²) < 4.78 is 7.64. The summed E-state index contributed by atoms with van der Waals surface area (Å²) in [4.78, 5) is 18.1. The van der Waals surface area contributed by atoms with Gasteiger partial charge in [0, 0.05) is 31.7 Å². The summed E-state index contributed by atoms with van der Waals surface area (Å²) in [5.74, 6) is 0.891. The van der Waals surface area contributed by atoms with E-state index in [0.717, 1.165) is 47.0 Å². The van der Waals surface area contributed by atoms with Crippen molar-refractivity contribution in [3.63, 3.8) is 0 Å². The van der Waals surface area contributed by atoms with Crippen LogP contribution in [0.25, 0.3) is 16.9 Å². The first-order valence-electron chi connectivity index (χ1n) is 13.0. The van der Waals surface area contributed by atoms with E-state index in [4.69, 9.17) is 9.84 Å². The standard InChI is InChI=1S/C31H34N4O2/c1-5-37-30-12-7-6-11-28(30)33-15-17-34(18-16-33)31(36)29-21-27(25-14-13-23(3)24(4)20-25)32-35(29)26-10-8-9-22(2)19-26/h6-14,19-21H,5,15-18H2,1-4H3. The van der Waals surface area contributed by atoms with E-state index in [1.807, 2.05) is 48.2 Å². The van der Waals surface area contributed by atoms with Crippen molar-refractivity contribution in [3.05, 3.63) is 95.2 Å². The monoisotopic (exact) mass is 494 g/mol. The molecule has 0 saturated carbocycles. The molecule has 1 fully saturated rings. The fourth-order valence-corrected chi connectivity index (χ4v) is 4.84. The van der Waals surface area contributed by atoms with E-state index in [0.29, 0.717) is 25.4 Å². The van der Waals surface area contributed by atoms with E-state index in [1.54, 1.807) is 4.68 Å². The van der Waals surface area contributed by atoms with Crippen LogP contribution in [0.3, 0.4) is 0 Å². The number of hydrogen-bond donors (Lipinski definition) is 0. The Labute approximate surface area is 219 Å². The van der Waals surface area contributed by atoms with Crippen LogP contribution >= 0.6 is 0 Å². The average Bonchev–Trinajstić information content (AvgIpc) is 3.36. The number of piperazine rings is 1. The van der Waals surface area contributed by atoms with Crippen molar-refractivity contribution in [2.75, 3.05) is 37.7 Å². The molecule has 4 aromatic rings. The number of para-hydroxylation sites is 2. The van der Waals surface area contributed by atoms with Crippen LogP contribution in [0.15, 0.2) is 72.8 Å². The molecular formula is C31H34N4O2. The highest BCUT2D eigenvalue weighted by molar-refractivity contribution is 5.94. The number of rotatable bonds is 6. The number of benzene rings is 3. The third-order valence-corrected chi connectivity index (χ3v) is 7.05. The number of amides is 1. The predicted octanol–water partition coefficient (Wildman–Crippen LogP) is 5.83. The predicted molar refractivity (Wildman–Crippen MR) is 149 cm³/mol. The Morgan fingerprint density at radius 3 is 2.38 bits per heavy atom. The molecule has 0 spiro atoms. The summed E-state index contributed by atoms with van der Waals surface area (Å²) in [7, 11) is 0. The number of hydrogen-bond acceptors (Lipinski definition) is 4. The zero-order chi connectivity index (χ0) is 25.9. The molecule has 1 aliphatic heterocycles. The molecule has 1 saturated heterocycles. The van der Waals surface area contributed by atoms with Crippen molar-refractivity contribution in [2.45, 2.75) is 27.7 Å². The zero-order valence-corrected chi connectivity index (χ0v) is 22.1. The molecule has 6 heteroatoms. The summed E-state index contributed by atoms with van der Waals surface area (Å²) in [6.45, 7) is 11.7. The van der Waals surface area contributed by atoms with Gasteiger partial charge in [0.05, 0.1) is 23.7 Å². The van der Waals surface area contributed by atoms with Crippen LogP contribution in [-0.4, -0.2) is 53.4 Å².